The van der Waals surface area contributed by atoms with E-state index in [0.717, 1.165) is 16.7 Å². The Morgan fingerprint density at radius 2 is 1.85 bits per heavy atom. The van der Waals surface area contributed by atoms with Crippen LogP contribution in [0.15, 0.2) is 65.5 Å². The average Bonchev–Trinajstić information content (AvgIpc) is 3.53. The van der Waals surface area contributed by atoms with Crippen LogP contribution in [0.25, 0.3) is 33.4 Å². The number of nitrogens with zero attached hydrogens (tertiary/aromatic N) is 3. The molecular formula is C41H35FN4O7. The van der Waals surface area contributed by atoms with Gasteiger partial charge < -0.3 is 29.7 Å². The van der Waals surface area contributed by atoms with Gasteiger partial charge >= 0.3 is 5.97 Å². The molecule has 3 atom stereocenters. The maximum atomic E-state index is 15.3. The average molecular weight is 715 g/mol. The molecule has 1 aliphatic carbocycles. The molecule has 3 aromatic carbocycles. The van der Waals surface area contributed by atoms with Crippen LogP contribution in [0, 0.1) is 12.7 Å². The molecular weight excluding hydrogens is 679 g/mol. The molecule has 2 aromatic heterocycles. The number of aryl methyl sites for hydroxylation is 1. The van der Waals surface area contributed by atoms with E-state index in [1.165, 1.54) is 15.5 Å². The fraction of sp³-hybridized carbons (Fsp3) is 0.293. The van der Waals surface area contributed by atoms with Crippen molar-refractivity contribution in [3.8, 4) is 22.5 Å². The van der Waals surface area contributed by atoms with E-state index in [0.29, 0.717) is 62.9 Å². The number of nitrogens with one attached hydrogen (secondary N) is 1. The summed E-state index contributed by atoms with van der Waals surface area (Å²) in [5.74, 6) is -2.05. The normalized spacial score (nSPS) is 21.1. The van der Waals surface area contributed by atoms with Crippen LogP contribution in [-0.2, 0) is 39.5 Å². The molecule has 2 amide bonds. The van der Waals surface area contributed by atoms with Gasteiger partial charge in [0.05, 0.1) is 54.2 Å². The van der Waals surface area contributed by atoms with Crippen molar-refractivity contribution in [2.45, 2.75) is 64.0 Å². The van der Waals surface area contributed by atoms with Gasteiger partial charge in [-0.2, -0.15) is 0 Å². The standard InChI is InChI=1S/C41H35FN4O7/c1-3-41(52)28-14-32-37-26(16-46(32)39(50)27(28)19-53-40(41)51)36-30(12-11-23-20(2)29(42)15-31(44-37)35(23)36)43-34(48)18-45-17-33(47)25-13-22(9-10-24(25)38(45)49)21-7-5-4-6-8-21/h4-10,13-15,30,33,47,52H,3,11-12,16-19H2,1-2H3,(H,43,48)/t30?,33?,41-/m0/s1. The van der Waals surface area contributed by atoms with Crippen molar-refractivity contribution in [3.63, 3.8) is 0 Å². The Hall–Kier alpha value is -5.72. The molecule has 12 heteroatoms. The number of esters is 1. The lowest BCUT2D eigenvalue weighted by Gasteiger charge is -2.33. The highest BCUT2D eigenvalue weighted by atomic mass is 19.1. The number of halogens is 1. The van der Waals surface area contributed by atoms with Crippen molar-refractivity contribution in [1.82, 2.24) is 19.8 Å². The maximum Gasteiger partial charge on any atom is 0.343 e. The molecule has 4 aliphatic rings. The van der Waals surface area contributed by atoms with Crippen LogP contribution >= 0.6 is 0 Å². The van der Waals surface area contributed by atoms with Crippen molar-refractivity contribution < 1.29 is 33.7 Å². The van der Waals surface area contributed by atoms with E-state index in [1.54, 1.807) is 26.0 Å². The van der Waals surface area contributed by atoms with E-state index in [9.17, 15) is 29.4 Å². The Kier molecular flexibility index (Phi) is 7.44. The Bertz CT molecular complexity index is 2520. The number of rotatable bonds is 5. The number of β-amino-alcohol motifs (C(OH)–C–C–N with tert-alkyl or cyclic N) is 1. The summed E-state index contributed by atoms with van der Waals surface area (Å²) >= 11 is 0. The van der Waals surface area contributed by atoms with Crippen LogP contribution < -0.4 is 10.9 Å². The molecule has 3 aliphatic heterocycles. The van der Waals surface area contributed by atoms with E-state index in [4.69, 9.17) is 9.72 Å². The fourth-order valence-electron chi connectivity index (χ4n) is 8.65. The quantitative estimate of drug-likeness (QED) is 0.221. The smallest absolute Gasteiger partial charge is 0.343 e. The summed E-state index contributed by atoms with van der Waals surface area (Å²) in [5.41, 5.74) is 4.39. The lowest BCUT2D eigenvalue weighted by Crippen LogP contribution is -2.46. The van der Waals surface area contributed by atoms with Crippen molar-refractivity contribution in [2.75, 3.05) is 13.1 Å². The highest BCUT2D eigenvalue weighted by molar-refractivity contribution is 6.00. The van der Waals surface area contributed by atoms with Crippen LogP contribution in [0.5, 0.6) is 0 Å². The summed E-state index contributed by atoms with van der Waals surface area (Å²) in [6.07, 6.45) is -0.115. The molecule has 0 fully saturated rings. The summed E-state index contributed by atoms with van der Waals surface area (Å²) in [6.45, 7) is 2.82. The number of ether oxygens (including phenoxy) is 1. The third kappa shape index (κ3) is 4.89. The molecule has 2 unspecified atom stereocenters. The summed E-state index contributed by atoms with van der Waals surface area (Å²) < 4.78 is 22.1. The highest BCUT2D eigenvalue weighted by Crippen LogP contribution is 2.46. The molecule has 0 saturated carbocycles. The lowest BCUT2D eigenvalue weighted by atomic mass is 9.81. The van der Waals surface area contributed by atoms with Crippen molar-refractivity contribution in [2.24, 2.45) is 0 Å². The molecule has 5 aromatic rings. The first kappa shape index (κ1) is 33.1. The van der Waals surface area contributed by atoms with E-state index in [1.807, 2.05) is 42.5 Å². The van der Waals surface area contributed by atoms with Gasteiger partial charge in [0.25, 0.3) is 11.5 Å². The van der Waals surface area contributed by atoms with E-state index < -0.39 is 41.0 Å². The van der Waals surface area contributed by atoms with Gasteiger partial charge in [0, 0.05) is 28.1 Å². The zero-order valence-electron chi connectivity index (χ0n) is 29.0. The van der Waals surface area contributed by atoms with Crippen molar-refractivity contribution in [1.29, 1.82) is 0 Å². The number of pyridine rings is 2. The van der Waals surface area contributed by atoms with Gasteiger partial charge in [0.15, 0.2) is 5.60 Å². The first-order valence-corrected chi connectivity index (χ1v) is 17.8. The summed E-state index contributed by atoms with van der Waals surface area (Å²) in [7, 11) is 0. The minimum absolute atomic E-state index is 0.0101. The van der Waals surface area contributed by atoms with Crippen molar-refractivity contribution >= 4 is 28.7 Å². The number of carbonyl (C=O) groups excluding carboxylic acids is 3. The van der Waals surface area contributed by atoms with E-state index in [-0.39, 0.29) is 49.7 Å². The summed E-state index contributed by atoms with van der Waals surface area (Å²) in [5, 5.41) is 26.3. The molecule has 0 saturated heterocycles. The van der Waals surface area contributed by atoms with Gasteiger partial charge in [-0.3, -0.25) is 14.4 Å². The number of benzene rings is 3. The molecule has 11 nitrogen and oxygen atoms in total. The van der Waals surface area contributed by atoms with Crippen LogP contribution in [0.4, 0.5) is 4.39 Å². The van der Waals surface area contributed by atoms with Crippen LogP contribution in [0.3, 0.4) is 0 Å². The number of aromatic nitrogens is 2. The van der Waals surface area contributed by atoms with E-state index >= 15 is 4.39 Å². The molecule has 0 spiro atoms. The van der Waals surface area contributed by atoms with Gasteiger partial charge in [-0.1, -0.05) is 43.3 Å². The van der Waals surface area contributed by atoms with Gasteiger partial charge in [0.1, 0.15) is 12.4 Å². The minimum atomic E-state index is -2.01. The second-order valence-corrected chi connectivity index (χ2v) is 14.3. The number of hydrogen-bond donors (Lipinski definition) is 3. The van der Waals surface area contributed by atoms with E-state index in [2.05, 4.69) is 5.32 Å². The topological polar surface area (TPSA) is 151 Å². The highest BCUT2D eigenvalue weighted by Gasteiger charge is 2.46. The number of amides is 2. The van der Waals surface area contributed by atoms with Gasteiger partial charge in [-0.05, 0) is 77.8 Å². The third-order valence-electron chi connectivity index (χ3n) is 11.5. The second-order valence-electron chi connectivity index (χ2n) is 14.3. The Morgan fingerprint density at radius 1 is 1.06 bits per heavy atom. The first-order chi connectivity index (χ1) is 25.5. The lowest BCUT2D eigenvalue weighted by molar-refractivity contribution is -0.172. The molecule has 0 bridgehead atoms. The van der Waals surface area contributed by atoms with Crippen LogP contribution in [0.1, 0.15) is 81.2 Å². The minimum Gasteiger partial charge on any atom is -0.458 e. The fourth-order valence-corrected chi connectivity index (χ4v) is 8.65. The molecule has 9 rings (SSSR count). The zero-order chi connectivity index (χ0) is 36.9. The Morgan fingerprint density at radius 3 is 2.62 bits per heavy atom. The predicted molar refractivity (Wildman–Crippen MR) is 191 cm³/mol. The first-order valence-electron chi connectivity index (χ1n) is 17.8. The number of fused-ring (bicyclic) bond motifs is 6. The molecule has 3 N–H and O–H groups in total. The molecule has 53 heavy (non-hydrogen) atoms. The molecule has 0 radical (unpaired) electrons. The third-order valence-corrected chi connectivity index (χ3v) is 11.5. The Labute approximate surface area is 302 Å². The summed E-state index contributed by atoms with van der Waals surface area (Å²) in [6, 6.07) is 17.4. The van der Waals surface area contributed by atoms with Crippen molar-refractivity contribution in [3.05, 3.63) is 121 Å². The summed E-state index contributed by atoms with van der Waals surface area (Å²) in [4.78, 5) is 60.3. The number of cyclic esters (lactones) is 1. The zero-order valence-corrected chi connectivity index (χ0v) is 29.0. The molecule has 268 valence electrons. The van der Waals surface area contributed by atoms with Gasteiger partial charge in [0.2, 0.25) is 5.91 Å². The predicted octanol–water partition coefficient (Wildman–Crippen LogP) is 4.49. The monoisotopic (exact) mass is 714 g/mol. The second kappa shape index (κ2) is 11.9. The van der Waals surface area contributed by atoms with Crippen LogP contribution in [-0.4, -0.2) is 55.5 Å². The number of aliphatic hydroxyl groups is 2. The van der Waals surface area contributed by atoms with Crippen LogP contribution in [0.2, 0.25) is 0 Å². The molecule has 5 heterocycles. The van der Waals surface area contributed by atoms with Gasteiger partial charge in [-0.25, -0.2) is 14.2 Å². The number of carbonyl (C=O) groups is 3. The van der Waals surface area contributed by atoms with Gasteiger partial charge in [-0.15, -0.1) is 0 Å². The maximum absolute atomic E-state index is 15.3. The SMILES string of the molecule is CC[C@@]1(O)C(=O)OCc2c1cc1n(c2=O)Cc2c-1nc1cc(F)c(C)c3c1c2C(NC(=O)CN1CC(O)c2cc(-c4ccccc4)ccc2C1=O)CC3. The largest absolute Gasteiger partial charge is 0.458 e. The Balaban J connectivity index is 1.07. The number of hydrogen-bond acceptors (Lipinski definition) is 8. The number of aliphatic hydroxyl groups excluding tert-OH is 1.